The zero-order chi connectivity index (χ0) is 17.6. The lowest BCUT2D eigenvalue weighted by Crippen LogP contribution is -2.23. The summed E-state index contributed by atoms with van der Waals surface area (Å²) in [7, 11) is -4.04. The minimum absolute atomic E-state index is 0.0497. The average Bonchev–Trinajstić information content (AvgIpc) is 2.50. The van der Waals surface area contributed by atoms with Crippen LogP contribution >= 0.6 is 0 Å². The van der Waals surface area contributed by atoms with Crippen molar-refractivity contribution in [2.75, 3.05) is 22.9 Å². The van der Waals surface area contributed by atoms with E-state index in [0.717, 1.165) is 22.5 Å². The molecule has 0 fully saturated rings. The second-order valence-electron chi connectivity index (χ2n) is 5.50. The van der Waals surface area contributed by atoms with Crippen molar-refractivity contribution in [1.29, 1.82) is 0 Å². The molecule has 0 aliphatic rings. The number of rotatable bonds is 5. The zero-order valence-electron chi connectivity index (χ0n) is 13.7. The molecule has 0 amide bonds. The molecule has 0 bridgehead atoms. The Bertz CT molecular complexity index is 748. The van der Waals surface area contributed by atoms with Crippen LogP contribution < -0.4 is 10.6 Å². The summed E-state index contributed by atoms with van der Waals surface area (Å²) in [4.78, 5) is 4.20. The summed E-state index contributed by atoms with van der Waals surface area (Å²) in [6.07, 6.45) is 0. The molecule has 2 aromatic carbocycles. The fourth-order valence-corrected chi connectivity index (χ4v) is 2.25. The lowest BCUT2D eigenvalue weighted by Gasteiger charge is -2.13. The minimum atomic E-state index is -4.04. The van der Waals surface area contributed by atoms with Crippen molar-refractivity contribution in [3.05, 3.63) is 59.7 Å². The molecule has 0 aliphatic carbocycles. The van der Waals surface area contributed by atoms with Crippen LogP contribution in [0.4, 0.5) is 11.4 Å². The Hall–Kier alpha value is -2.38. The molecule has 0 radical (unpaired) electrons. The summed E-state index contributed by atoms with van der Waals surface area (Å²) in [5.41, 5.74) is 3.92. The van der Waals surface area contributed by atoms with E-state index in [1.807, 2.05) is 62.4 Å². The first-order valence-corrected chi connectivity index (χ1v) is 9.10. The van der Waals surface area contributed by atoms with Gasteiger partial charge in [0, 0.05) is 11.4 Å². The van der Waals surface area contributed by atoms with Crippen molar-refractivity contribution in [1.82, 2.24) is 0 Å². The Morgan fingerprint density at radius 2 is 1.33 bits per heavy atom. The summed E-state index contributed by atoms with van der Waals surface area (Å²) < 4.78 is 30.5. The van der Waals surface area contributed by atoms with Gasteiger partial charge in [0.05, 0.1) is 12.3 Å². The molecule has 2 aromatic rings. The van der Waals surface area contributed by atoms with Crippen LogP contribution in [0.15, 0.2) is 53.5 Å². The first-order chi connectivity index (χ1) is 11.3. The molecule has 7 heteroatoms. The average molecular weight is 347 g/mol. The highest BCUT2D eigenvalue weighted by Gasteiger charge is 2.05. The van der Waals surface area contributed by atoms with E-state index in [-0.39, 0.29) is 6.54 Å². The number of hydrogen-bond acceptors (Lipinski definition) is 3. The van der Waals surface area contributed by atoms with E-state index >= 15 is 0 Å². The first kappa shape index (κ1) is 18.0. The van der Waals surface area contributed by atoms with Crippen LogP contribution in [-0.2, 0) is 10.1 Å². The first-order valence-electron chi connectivity index (χ1n) is 7.49. The van der Waals surface area contributed by atoms with Gasteiger partial charge < -0.3 is 10.6 Å². The normalized spacial score (nSPS) is 11.0. The Balaban J connectivity index is 2.14. The van der Waals surface area contributed by atoms with Gasteiger partial charge >= 0.3 is 0 Å². The van der Waals surface area contributed by atoms with E-state index in [1.54, 1.807) is 0 Å². The molecule has 0 unspecified atom stereocenters. The van der Waals surface area contributed by atoms with Crippen molar-refractivity contribution in [2.24, 2.45) is 4.99 Å². The maximum Gasteiger partial charge on any atom is 0.266 e. The lowest BCUT2D eigenvalue weighted by molar-refractivity contribution is 0.483. The van der Waals surface area contributed by atoms with E-state index in [4.69, 9.17) is 4.55 Å². The van der Waals surface area contributed by atoms with Gasteiger partial charge in [-0.05, 0) is 38.1 Å². The number of aliphatic imine (C=N–C) groups is 1. The molecule has 0 spiro atoms. The fourth-order valence-electron chi connectivity index (χ4n) is 1.93. The van der Waals surface area contributed by atoms with E-state index in [2.05, 4.69) is 15.6 Å². The van der Waals surface area contributed by atoms with Crippen molar-refractivity contribution >= 4 is 27.5 Å². The number of nitrogens with zero attached hydrogens (tertiary/aromatic N) is 1. The highest BCUT2D eigenvalue weighted by atomic mass is 32.2. The van der Waals surface area contributed by atoms with E-state index in [1.165, 1.54) is 0 Å². The maximum atomic E-state index is 10.8. The smallest absolute Gasteiger partial charge is 0.266 e. The predicted octanol–water partition coefficient (Wildman–Crippen LogP) is 3.07. The van der Waals surface area contributed by atoms with Crippen molar-refractivity contribution in [3.8, 4) is 0 Å². The fraction of sp³-hybridized carbons (Fsp3) is 0.235. The van der Waals surface area contributed by atoms with Gasteiger partial charge in [0.1, 0.15) is 0 Å². The third-order valence-corrected chi connectivity index (χ3v) is 3.95. The van der Waals surface area contributed by atoms with Crippen LogP contribution in [-0.4, -0.2) is 31.2 Å². The number of benzene rings is 2. The van der Waals surface area contributed by atoms with Gasteiger partial charge in [-0.25, -0.2) is 0 Å². The Kier molecular flexibility index (Phi) is 5.94. The summed E-state index contributed by atoms with van der Waals surface area (Å²) in [5.74, 6) is -0.0202. The molecular formula is C17H21N3O3S. The quantitative estimate of drug-likeness (QED) is 0.439. The number of guanidine groups is 1. The van der Waals surface area contributed by atoms with Gasteiger partial charge in [-0.15, -0.1) is 0 Å². The molecule has 3 N–H and O–H groups in total. The lowest BCUT2D eigenvalue weighted by atomic mass is 10.2. The molecule has 0 atom stereocenters. The molecular weight excluding hydrogens is 326 g/mol. The molecule has 0 saturated carbocycles. The third kappa shape index (κ3) is 6.39. The second kappa shape index (κ2) is 7.94. The van der Waals surface area contributed by atoms with Gasteiger partial charge in [-0.2, -0.15) is 8.42 Å². The summed E-state index contributed by atoms with van der Waals surface area (Å²) in [6.45, 7) is 3.94. The van der Waals surface area contributed by atoms with Crippen molar-refractivity contribution < 1.29 is 13.0 Å². The standard InChI is InChI=1S/C17H21N3O3S/c1-13-3-7-15(8-4-13)19-17(18-11-12-24(21,22)23)20-16-9-5-14(2)6-10-16/h3-10H,11-12H2,1-2H3,(H2,18,19,20)(H,21,22,23). The number of nitrogens with one attached hydrogen (secondary N) is 2. The summed E-state index contributed by atoms with van der Waals surface area (Å²) in [6, 6.07) is 15.5. The van der Waals surface area contributed by atoms with Gasteiger partial charge in [0.15, 0.2) is 5.96 Å². The van der Waals surface area contributed by atoms with Crippen LogP contribution in [0.1, 0.15) is 11.1 Å². The molecule has 0 aliphatic heterocycles. The van der Waals surface area contributed by atoms with Crippen LogP contribution in [0.25, 0.3) is 0 Å². The molecule has 2 rings (SSSR count). The highest BCUT2D eigenvalue weighted by molar-refractivity contribution is 7.85. The molecule has 24 heavy (non-hydrogen) atoms. The number of hydrogen-bond donors (Lipinski definition) is 3. The van der Waals surface area contributed by atoms with Gasteiger partial charge in [-0.3, -0.25) is 9.55 Å². The monoisotopic (exact) mass is 347 g/mol. The largest absolute Gasteiger partial charge is 0.326 e. The number of anilines is 2. The van der Waals surface area contributed by atoms with Crippen LogP contribution in [0, 0.1) is 13.8 Å². The van der Waals surface area contributed by atoms with Gasteiger partial charge in [0.25, 0.3) is 10.1 Å². The van der Waals surface area contributed by atoms with Crippen LogP contribution in [0.5, 0.6) is 0 Å². The van der Waals surface area contributed by atoms with Crippen LogP contribution in [0.2, 0.25) is 0 Å². The van der Waals surface area contributed by atoms with Crippen molar-refractivity contribution in [3.63, 3.8) is 0 Å². The van der Waals surface area contributed by atoms with E-state index in [0.29, 0.717) is 5.96 Å². The summed E-state index contributed by atoms with van der Waals surface area (Å²) in [5, 5.41) is 6.24. The Morgan fingerprint density at radius 1 is 0.917 bits per heavy atom. The second-order valence-corrected chi connectivity index (χ2v) is 7.07. The van der Waals surface area contributed by atoms with Gasteiger partial charge in [0.2, 0.25) is 0 Å². The third-order valence-electron chi connectivity index (χ3n) is 3.25. The molecule has 0 aromatic heterocycles. The Labute approximate surface area is 142 Å². The molecule has 0 saturated heterocycles. The molecule has 128 valence electrons. The van der Waals surface area contributed by atoms with E-state index < -0.39 is 15.9 Å². The summed E-state index contributed by atoms with van der Waals surface area (Å²) >= 11 is 0. The number of aryl methyl sites for hydroxylation is 2. The molecule has 0 heterocycles. The maximum absolute atomic E-state index is 10.8. The Morgan fingerprint density at radius 3 is 1.71 bits per heavy atom. The zero-order valence-corrected chi connectivity index (χ0v) is 14.5. The SMILES string of the molecule is Cc1ccc(NC(=NCCS(=O)(=O)O)Nc2ccc(C)cc2)cc1. The van der Waals surface area contributed by atoms with Gasteiger partial charge in [-0.1, -0.05) is 35.4 Å². The topological polar surface area (TPSA) is 90.8 Å². The van der Waals surface area contributed by atoms with Crippen molar-refractivity contribution in [2.45, 2.75) is 13.8 Å². The predicted molar refractivity (Wildman–Crippen MR) is 98.3 cm³/mol. The van der Waals surface area contributed by atoms with Crippen LogP contribution in [0.3, 0.4) is 0 Å². The van der Waals surface area contributed by atoms with E-state index in [9.17, 15) is 8.42 Å². The molecule has 6 nitrogen and oxygen atoms in total. The highest BCUT2D eigenvalue weighted by Crippen LogP contribution is 2.12. The minimum Gasteiger partial charge on any atom is -0.326 e.